The third-order valence-electron chi connectivity index (χ3n) is 2.89. The van der Waals surface area contributed by atoms with Crippen molar-refractivity contribution in [1.82, 2.24) is 0 Å². The van der Waals surface area contributed by atoms with Crippen LogP contribution in [0.3, 0.4) is 0 Å². The summed E-state index contributed by atoms with van der Waals surface area (Å²) in [5, 5.41) is 5.91. The Hall–Kier alpha value is -1.18. The number of thiocarbonyl (C=S) groups is 1. The van der Waals surface area contributed by atoms with Gasteiger partial charge in [0, 0.05) is 11.7 Å². The molecule has 0 aliphatic carbocycles. The van der Waals surface area contributed by atoms with Gasteiger partial charge in [-0.2, -0.15) is 0 Å². The minimum atomic E-state index is 0.570. The van der Waals surface area contributed by atoms with Crippen molar-refractivity contribution >= 4 is 23.1 Å². The van der Waals surface area contributed by atoms with E-state index in [-0.39, 0.29) is 0 Å². The molecule has 0 unspecified atom stereocenters. The maximum absolute atomic E-state index is 4.54. The molecule has 0 atom stereocenters. The van der Waals surface area contributed by atoms with Crippen molar-refractivity contribution in [2.45, 2.75) is 39.2 Å². The van der Waals surface area contributed by atoms with E-state index < -0.39 is 0 Å². The largest absolute Gasteiger partial charge is 0.382 e. The van der Waals surface area contributed by atoms with E-state index in [0.717, 1.165) is 25.8 Å². The van der Waals surface area contributed by atoms with Gasteiger partial charge in [-0.15, -0.1) is 0 Å². The summed E-state index contributed by atoms with van der Waals surface area (Å²) in [7, 11) is 0. The zero-order valence-corrected chi connectivity index (χ0v) is 11.4. The van der Waals surface area contributed by atoms with Crippen LogP contribution in [0, 0.1) is 0 Å². The minimum absolute atomic E-state index is 0.570. The van der Waals surface area contributed by atoms with Crippen molar-refractivity contribution in [1.29, 1.82) is 0 Å². The summed E-state index contributed by atoms with van der Waals surface area (Å²) in [4.78, 5) is 3.91. The molecule has 0 aliphatic heterocycles. The van der Waals surface area contributed by atoms with Gasteiger partial charge in [-0.05, 0) is 49.2 Å². The van der Waals surface area contributed by atoms with E-state index in [9.17, 15) is 0 Å². The first-order valence-corrected chi connectivity index (χ1v) is 6.60. The Morgan fingerprint density at radius 2 is 1.88 bits per heavy atom. The van der Waals surface area contributed by atoms with E-state index >= 15 is 0 Å². The third kappa shape index (κ3) is 5.12. The first kappa shape index (κ1) is 13.9. The fourth-order valence-corrected chi connectivity index (χ4v) is 1.82. The minimum Gasteiger partial charge on any atom is -0.382 e. The number of aliphatic imine (C=N–C) groups is 1. The first-order valence-electron chi connectivity index (χ1n) is 6.19. The Morgan fingerprint density at radius 3 is 2.41 bits per heavy atom. The van der Waals surface area contributed by atoms with E-state index in [0.29, 0.717) is 6.04 Å². The number of isothiocyanates is 1. The van der Waals surface area contributed by atoms with Crippen molar-refractivity contribution in [2.24, 2.45) is 4.99 Å². The van der Waals surface area contributed by atoms with Gasteiger partial charge in [0.15, 0.2) is 0 Å². The summed E-state index contributed by atoms with van der Waals surface area (Å²) in [5.74, 6) is 0. The smallest absolute Gasteiger partial charge is 0.0585 e. The molecule has 2 nitrogen and oxygen atoms in total. The molecule has 0 radical (unpaired) electrons. The molecule has 3 heteroatoms. The average Bonchev–Trinajstić information content (AvgIpc) is 2.38. The average molecular weight is 248 g/mol. The van der Waals surface area contributed by atoms with Crippen LogP contribution in [0.5, 0.6) is 0 Å². The summed E-state index contributed by atoms with van der Waals surface area (Å²) in [5.41, 5.74) is 2.48. The van der Waals surface area contributed by atoms with E-state index in [1.165, 1.54) is 11.3 Å². The summed E-state index contributed by atoms with van der Waals surface area (Å²) in [6.45, 7) is 5.14. The molecule has 92 valence electrons. The van der Waals surface area contributed by atoms with Crippen LogP contribution in [0.2, 0.25) is 0 Å². The van der Waals surface area contributed by atoms with Gasteiger partial charge in [-0.1, -0.05) is 26.0 Å². The van der Waals surface area contributed by atoms with E-state index in [2.05, 4.69) is 65.8 Å². The Balaban J connectivity index is 2.52. The van der Waals surface area contributed by atoms with Crippen LogP contribution >= 0.6 is 12.2 Å². The summed E-state index contributed by atoms with van der Waals surface area (Å²) in [6, 6.07) is 9.12. The Labute approximate surface area is 109 Å². The van der Waals surface area contributed by atoms with Crippen LogP contribution in [-0.2, 0) is 6.42 Å². The van der Waals surface area contributed by atoms with Crippen molar-refractivity contribution in [2.75, 3.05) is 11.9 Å². The van der Waals surface area contributed by atoms with Crippen LogP contribution < -0.4 is 5.32 Å². The molecule has 0 aromatic heterocycles. The lowest BCUT2D eigenvalue weighted by molar-refractivity contribution is 0.672. The number of anilines is 1. The summed E-state index contributed by atoms with van der Waals surface area (Å²) in [6.07, 6.45) is 3.23. The van der Waals surface area contributed by atoms with Crippen LogP contribution in [0.25, 0.3) is 0 Å². The van der Waals surface area contributed by atoms with Gasteiger partial charge in [0.05, 0.1) is 11.7 Å². The van der Waals surface area contributed by atoms with E-state index in [4.69, 9.17) is 0 Å². The zero-order chi connectivity index (χ0) is 12.5. The second-order valence-electron chi connectivity index (χ2n) is 4.08. The molecule has 1 aromatic carbocycles. The van der Waals surface area contributed by atoms with Crippen LogP contribution in [0.4, 0.5) is 5.69 Å². The van der Waals surface area contributed by atoms with Crippen LogP contribution in [0.1, 0.15) is 32.3 Å². The SMILES string of the molecule is CCC(CC)Nc1ccc(CCN=C=S)cc1. The monoisotopic (exact) mass is 248 g/mol. The number of hydrogen-bond donors (Lipinski definition) is 1. The third-order valence-corrected chi connectivity index (χ3v) is 3.02. The highest BCUT2D eigenvalue weighted by molar-refractivity contribution is 7.78. The Morgan fingerprint density at radius 1 is 1.24 bits per heavy atom. The lowest BCUT2D eigenvalue weighted by Gasteiger charge is -2.16. The van der Waals surface area contributed by atoms with Gasteiger partial charge in [-0.3, -0.25) is 0 Å². The molecule has 0 aliphatic rings. The summed E-state index contributed by atoms with van der Waals surface area (Å²) < 4.78 is 0. The van der Waals surface area contributed by atoms with Gasteiger partial charge in [0.25, 0.3) is 0 Å². The quantitative estimate of drug-likeness (QED) is 0.584. The van der Waals surface area contributed by atoms with Gasteiger partial charge in [0.1, 0.15) is 0 Å². The van der Waals surface area contributed by atoms with Crippen molar-refractivity contribution in [3.05, 3.63) is 29.8 Å². The number of benzene rings is 1. The maximum atomic E-state index is 4.54. The molecule has 0 spiro atoms. The Bertz CT molecular complexity index is 362. The number of nitrogens with one attached hydrogen (secondary N) is 1. The molecule has 1 N–H and O–H groups in total. The lowest BCUT2D eigenvalue weighted by Crippen LogP contribution is -2.16. The Kier molecular flexibility index (Phi) is 6.53. The first-order chi connectivity index (χ1) is 8.30. The molecular weight excluding hydrogens is 228 g/mol. The van der Waals surface area contributed by atoms with Crippen LogP contribution in [0.15, 0.2) is 29.3 Å². The standard InChI is InChI=1S/C14H20N2S/c1-3-13(4-2)16-14-7-5-12(6-8-14)9-10-15-11-17/h5-8,13,16H,3-4,9-10H2,1-2H3. The highest BCUT2D eigenvalue weighted by Gasteiger charge is 2.02. The van der Waals surface area contributed by atoms with E-state index in [1.54, 1.807) is 0 Å². The lowest BCUT2D eigenvalue weighted by atomic mass is 10.1. The molecule has 17 heavy (non-hydrogen) atoms. The zero-order valence-electron chi connectivity index (χ0n) is 10.6. The molecule has 0 heterocycles. The van der Waals surface area contributed by atoms with Crippen molar-refractivity contribution in [3.8, 4) is 0 Å². The fraction of sp³-hybridized carbons (Fsp3) is 0.500. The summed E-state index contributed by atoms with van der Waals surface area (Å²) >= 11 is 4.54. The second kappa shape index (κ2) is 7.99. The fourth-order valence-electron chi connectivity index (χ4n) is 1.73. The molecule has 1 aromatic rings. The maximum Gasteiger partial charge on any atom is 0.0585 e. The topological polar surface area (TPSA) is 24.4 Å². The predicted molar refractivity (Wildman–Crippen MR) is 78.0 cm³/mol. The second-order valence-corrected chi connectivity index (χ2v) is 4.26. The number of rotatable bonds is 7. The van der Waals surface area contributed by atoms with Crippen molar-refractivity contribution in [3.63, 3.8) is 0 Å². The highest BCUT2D eigenvalue weighted by Crippen LogP contribution is 2.13. The van der Waals surface area contributed by atoms with Gasteiger partial charge in [0.2, 0.25) is 0 Å². The molecule has 0 fully saturated rings. The highest BCUT2D eigenvalue weighted by atomic mass is 32.1. The number of hydrogen-bond acceptors (Lipinski definition) is 3. The van der Waals surface area contributed by atoms with Gasteiger partial charge >= 0.3 is 0 Å². The predicted octanol–water partition coefficient (Wildman–Crippen LogP) is 3.93. The van der Waals surface area contributed by atoms with Gasteiger partial charge < -0.3 is 5.32 Å². The molecule has 0 amide bonds. The van der Waals surface area contributed by atoms with Crippen LogP contribution in [-0.4, -0.2) is 17.7 Å². The molecule has 0 saturated carbocycles. The number of nitrogens with zero attached hydrogens (tertiary/aromatic N) is 1. The van der Waals surface area contributed by atoms with E-state index in [1.807, 2.05) is 0 Å². The molecular formula is C14H20N2S. The molecule has 1 rings (SSSR count). The molecule has 0 bridgehead atoms. The normalized spacial score (nSPS) is 10.1. The molecule has 0 saturated heterocycles. The van der Waals surface area contributed by atoms with Crippen molar-refractivity contribution < 1.29 is 0 Å². The van der Waals surface area contributed by atoms with Gasteiger partial charge in [-0.25, -0.2) is 4.99 Å².